The molecule has 0 unspecified atom stereocenters. The molecule has 1 aliphatic carbocycles. The summed E-state index contributed by atoms with van der Waals surface area (Å²) in [5.41, 5.74) is -0.850. The number of rotatable bonds is 2. The fourth-order valence-electron chi connectivity index (χ4n) is 2.55. The van der Waals surface area contributed by atoms with Gasteiger partial charge in [0.05, 0.1) is 0 Å². The Hall–Kier alpha value is -1.10. The molecule has 0 atom stereocenters. The number of piperidine rings is 1. The molecule has 5 nitrogen and oxygen atoms in total. The lowest BCUT2D eigenvalue weighted by atomic mass is 9.91. The monoisotopic (exact) mass is 224 g/mol. The summed E-state index contributed by atoms with van der Waals surface area (Å²) in [7, 11) is 0. The highest BCUT2D eigenvalue weighted by Crippen LogP contribution is 2.34. The standard InChI is InChI=1S/C11H16N2O3/c14-9-11(16-10(15)12-9)3-5-13(6-4-11)7-8-1-2-8/h8H,1-7H2,(H,12,14,15). The Balaban J connectivity index is 1.60. The van der Waals surface area contributed by atoms with E-state index in [1.165, 1.54) is 12.8 Å². The van der Waals surface area contributed by atoms with Crippen molar-refractivity contribution in [1.82, 2.24) is 10.2 Å². The van der Waals surface area contributed by atoms with Gasteiger partial charge in [-0.1, -0.05) is 0 Å². The van der Waals surface area contributed by atoms with E-state index in [9.17, 15) is 9.59 Å². The van der Waals surface area contributed by atoms with Crippen molar-refractivity contribution < 1.29 is 14.3 Å². The molecule has 0 aromatic carbocycles. The van der Waals surface area contributed by atoms with E-state index < -0.39 is 11.7 Å². The summed E-state index contributed by atoms with van der Waals surface area (Å²) in [6, 6.07) is 0. The third kappa shape index (κ3) is 1.69. The molecular formula is C11H16N2O3. The van der Waals surface area contributed by atoms with Gasteiger partial charge in [-0.25, -0.2) is 4.79 Å². The molecule has 1 spiro atoms. The van der Waals surface area contributed by atoms with Gasteiger partial charge in [-0.3, -0.25) is 10.1 Å². The van der Waals surface area contributed by atoms with E-state index in [-0.39, 0.29) is 5.91 Å². The van der Waals surface area contributed by atoms with Crippen LogP contribution in [0.4, 0.5) is 4.79 Å². The molecule has 3 rings (SSSR count). The molecule has 0 bridgehead atoms. The maximum absolute atomic E-state index is 11.6. The predicted molar refractivity (Wildman–Crippen MR) is 55.8 cm³/mol. The summed E-state index contributed by atoms with van der Waals surface area (Å²) < 4.78 is 5.14. The highest BCUT2D eigenvalue weighted by atomic mass is 16.6. The van der Waals surface area contributed by atoms with Crippen molar-refractivity contribution in [2.45, 2.75) is 31.3 Å². The Morgan fingerprint density at radius 3 is 2.50 bits per heavy atom. The summed E-state index contributed by atoms with van der Waals surface area (Å²) in [6.45, 7) is 2.86. The number of amides is 2. The van der Waals surface area contributed by atoms with Crippen LogP contribution in [0.25, 0.3) is 0 Å². The minimum Gasteiger partial charge on any atom is -0.432 e. The van der Waals surface area contributed by atoms with Gasteiger partial charge >= 0.3 is 6.09 Å². The van der Waals surface area contributed by atoms with Crippen molar-refractivity contribution in [2.24, 2.45) is 5.92 Å². The summed E-state index contributed by atoms with van der Waals surface area (Å²) in [5.74, 6) is 0.623. The van der Waals surface area contributed by atoms with Crippen molar-refractivity contribution in [3.63, 3.8) is 0 Å². The molecule has 2 saturated heterocycles. The molecule has 1 N–H and O–H groups in total. The number of imide groups is 1. The zero-order valence-electron chi connectivity index (χ0n) is 9.20. The molecule has 3 aliphatic rings. The quantitative estimate of drug-likeness (QED) is 0.742. The highest BCUT2D eigenvalue weighted by molar-refractivity contribution is 6.02. The molecule has 2 aliphatic heterocycles. The van der Waals surface area contributed by atoms with Crippen LogP contribution in [-0.2, 0) is 9.53 Å². The third-order valence-corrected chi connectivity index (χ3v) is 3.79. The number of carbonyl (C=O) groups excluding carboxylic acids is 2. The van der Waals surface area contributed by atoms with Gasteiger partial charge in [0.15, 0.2) is 5.60 Å². The van der Waals surface area contributed by atoms with E-state index in [4.69, 9.17) is 4.74 Å². The van der Waals surface area contributed by atoms with Crippen LogP contribution < -0.4 is 5.32 Å². The minimum atomic E-state index is -0.850. The number of ether oxygens (including phenoxy) is 1. The second kappa shape index (κ2) is 3.45. The number of nitrogens with zero attached hydrogens (tertiary/aromatic N) is 1. The maximum Gasteiger partial charge on any atom is 0.415 e. The van der Waals surface area contributed by atoms with Gasteiger partial charge < -0.3 is 9.64 Å². The van der Waals surface area contributed by atoms with Gasteiger partial charge in [-0.2, -0.15) is 0 Å². The normalized spacial score (nSPS) is 29.2. The molecule has 2 amide bonds. The van der Waals surface area contributed by atoms with Gasteiger partial charge in [0, 0.05) is 32.5 Å². The number of carbonyl (C=O) groups is 2. The van der Waals surface area contributed by atoms with Crippen molar-refractivity contribution in [2.75, 3.05) is 19.6 Å². The minimum absolute atomic E-state index is 0.247. The summed E-state index contributed by atoms with van der Waals surface area (Å²) in [6.07, 6.45) is 3.38. The van der Waals surface area contributed by atoms with Gasteiger partial charge in [0.2, 0.25) is 0 Å². The lowest BCUT2D eigenvalue weighted by Crippen LogP contribution is -2.49. The largest absolute Gasteiger partial charge is 0.432 e. The second-order valence-electron chi connectivity index (χ2n) is 5.08. The molecule has 2 heterocycles. The molecular weight excluding hydrogens is 208 g/mol. The fourth-order valence-corrected chi connectivity index (χ4v) is 2.55. The first-order valence-corrected chi connectivity index (χ1v) is 5.95. The van der Waals surface area contributed by atoms with Gasteiger partial charge in [-0.05, 0) is 18.8 Å². The molecule has 0 radical (unpaired) electrons. The van der Waals surface area contributed by atoms with E-state index in [1.807, 2.05) is 0 Å². The number of likely N-dealkylation sites (tertiary alicyclic amines) is 1. The Labute approximate surface area is 94.1 Å². The molecule has 0 aromatic heterocycles. The number of nitrogens with one attached hydrogen (secondary N) is 1. The first-order valence-electron chi connectivity index (χ1n) is 5.95. The smallest absolute Gasteiger partial charge is 0.415 e. The van der Waals surface area contributed by atoms with Crippen LogP contribution in [0.2, 0.25) is 0 Å². The Morgan fingerprint density at radius 1 is 1.31 bits per heavy atom. The average molecular weight is 224 g/mol. The fraction of sp³-hybridized carbons (Fsp3) is 0.818. The van der Waals surface area contributed by atoms with Crippen molar-refractivity contribution in [3.05, 3.63) is 0 Å². The zero-order chi connectivity index (χ0) is 11.2. The summed E-state index contributed by atoms with van der Waals surface area (Å²) >= 11 is 0. The highest BCUT2D eigenvalue weighted by Gasteiger charge is 2.50. The maximum atomic E-state index is 11.6. The van der Waals surface area contributed by atoms with Gasteiger partial charge in [0.1, 0.15) is 0 Å². The van der Waals surface area contributed by atoms with Crippen molar-refractivity contribution in [1.29, 1.82) is 0 Å². The van der Waals surface area contributed by atoms with Crippen LogP contribution in [0.5, 0.6) is 0 Å². The number of alkyl carbamates (subject to hydrolysis) is 1. The SMILES string of the molecule is O=C1NC(=O)C2(CCN(CC3CC3)CC2)O1. The van der Waals surface area contributed by atoms with Crippen molar-refractivity contribution in [3.8, 4) is 0 Å². The van der Waals surface area contributed by atoms with E-state index >= 15 is 0 Å². The summed E-state index contributed by atoms with van der Waals surface area (Å²) in [4.78, 5) is 25.0. The Morgan fingerprint density at radius 2 is 2.00 bits per heavy atom. The van der Waals surface area contributed by atoms with Crippen LogP contribution in [0.3, 0.4) is 0 Å². The zero-order valence-corrected chi connectivity index (χ0v) is 9.20. The van der Waals surface area contributed by atoms with Crippen molar-refractivity contribution >= 4 is 12.0 Å². The van der Waals surface area contributed by atoms with E-state index in [2.05, 4.69) is 10.2 Å². The van der Waals surface area contributed by atoms with Gasteiger partial charge in [-0.15, -0.1) is 0 Å². The van der Waals surface area contributed by atoms with E-state index in [0.29, 0.717) is 12.8 Å². The Bertz CT molecular complexity index is 330. The van der Waals surface area contributed by atoms with Crippen LogP contribution in [-0.4, -0.2) is 42.1 Å². The van der Waals surface area contributed by atoms with Crippen LogP contribution in [0.15, 0.2) is 0 Å². The molecule has 1 saturated carbocycles. The first kappa shape index (κ1) is 10.1. The number of hydrogen-bond acceptors (Lipinski definition) is 4. The van der Waals surface area contributed by atoms with Crippen LogP contribution >= 0.6 is 0 Å². The van der Waals surface area contributed by atoms with E-state index in [0.717, 1.165) is 25.6 Å². The lowest BCUT2D eigenvalue weighted by molar-refractivity contribution is -0.135. The number of hydrogen-bond donors (Lipinski definition) is 1. The molecule has 5 heteroatoms. The summed E-state index contributed by atoms with van der Waals surface area (Å²) in [5, 5.41) is 2.23. The van der Waals surface area contributed by atoms with Crippen LogP contribution in [0.1, 0.15) is 25.7 Å². The molecule has 3 fully saturated rings. The Kier molecular flexibility index (Phi) is 2.17. The lowest BCUT2D eigenvalue weighted by Gasteiger charge is -2.35. The second-order valence-corrected chi connectivity index (χ2v) is 5.08. The molecule has 88 valence electrons. The average Bonchev–Trinajstić information content (AvgIpc) is 3.00. The first-order chi connectivity index (χ1) is 7.68. The van der Waals surface area contributed by atoms with E-state index in [1.54, 1.807) is 0 Å². The molecule has 16 heavy (non-hydrogen) atoms. The topological polar surface area (TPSA) is 58.6 Å². The molecule has 0 aromatic rings. The third-order valence-electron chi connectivity index (χ3n) is 3.79. The predicted octanol–water partition coefficient (Wildman–Crippen LogP) is 0.497. The van der Waals surface area contributed by atoms with Crippen LogP contribution in [0, 0.1) is 5.92 Å². The van der Waals surface area contributed by atoms with Gasteiger partial charge in [0.25, 0.3) is 5.91 Å².